The van der Waals surface area contributed by atoms with E-state index < -0.39 is 89.0 Å². The SMILES string of the molecule is CCOc1ccc(N=Nc2c(S(=O)(=O)[O-])cc3cc(NC(=O)Nc4ccc5c(O)c(N=Nc6ccc(OCC)c(S(=O)(=O)[O-])c6)c(S(=O)(=O)[O-])cc5c4)ccc3c2O)cc1S(=O)(=O)[O-].[Na+].[Na+].[Na+].[Na+]. The first-order valence-corrected chi connectivity index (χ1v) is 23.4. The third kappa shape index (κ3) is 14.6. The molecule has 0 spiro atoms. The van der Waals surface area contributed by atoms with E-state index in [1.165, 1.54) is 48.5 Å². The Kier molecular flexibility index (Phi) is 22.1. The van der Waals surface area contributed by atoms with Crippen LogP contribution in [0.25, 0.3) is 21.5 Å². The normalized spacial score (nSPS) is 11.9. The number of urea groups is 1. The van der Waals surface area contributed by atoms with E-state index in [0.29, 0.717) is 0 Å². The number of aromatic hydroxyl groups is 2. The number of nitrogens with one attached hydrogen (secondary N) is 2. The number of phenolic OH excluding ortho intramolecular Hbond substituents is 2. The summed E-state index contributed by atoms with van der Waals surface area (Å²) in [6.45, 7) is 3.11. The first-order chi connectivity index (χ1) is 29.9. The first kappa shape index (κ1) is 61.3. The summed E-state index contributed by atoms with van der Waals surface area (Å²) >= 11 is 0. The van der Waals surface area contributed by atoms with Crippen LogP contribution >= 0.6 is 0 Å². The Morgan fingerprint density at radius 3 is 1.15 bits per heavy atom. The summed E-state index contributed by atoms with van der Waals surface area (Å²) in [6.07, 6.45) is 0. The number of rotatable bonds is 14. The summed E-state index contributed by atoms with van der Waals surface area (Å²) in [4.78, 5) is 9.36. The molecule has 6 aromatic rings. The first-order valence-electron chi connectivity index (χ1n) is 17.8. The maximum Gasteiger partial charge on any atom is 1.00 e. The molecule has 336 valence electrons. The van der Waals surface area contributed by atoms with Gasteiger partial charge in [0.05, 0.1) is 44.2 Å². The smallest absolute Gasteiger partial charge is 0.744 e. The minimum absolute atomic E-state index is 0. The van der Waals surface area contributed by atoms with E-state index in [0.717, 1.165) is 36.4 Å². The standard InChI is InChI=1S/C37H32N6O17S4.4Na/c1-3-59-27-11-7-23(17-29(27)61(47,48)49)40-42-33-31(63(53,54)55)15-19-13-21(5-9-25(19)35(33)44)38-37(46)39-22-6-10-26-20(14-22)16-32(64(56,57)58)34(36(26)45)43-41-24-8-12-28(60-4-2)30(18-24)62(50,51)52;;;;/h5-18,44-45H,3-4H2,1-2H3,(H2,38,39,46)(H,47,48,49)(H,50,51,52)(H,53,54,55)(H,56,57,58);;;;/q;4*+1/p-4. The van der Waals surface area contributed by atoms with Crippen molar-refractivity contribution in [3.05, 3.63) is 84.9 Å². The second kappa shape index (κ2) is 24.5. The van der Waals surface area contributed by atoms with Gasteiger partial charge in [-0.25, -0.2) is 38.5 Å². The van der Waals surface area contributed by atoms with Gasteiger partial charge < -0.3 is 48.5 Å². The summed E-state index contributed by atoms with van der Waals surface area (Å²) in [5, 5.41) is 41.3. The van der Waals surface area contributed by atoms with Crippen molar-refractivity contribution < 1.29 is 195 Å². The molecule has 4 N–H and O–H groups in total. The van der Waals surface area contributed by atoms with Gasteiger partial charge in [0.2, 0.25) is 0 Å². The van der Waals surface area contributed by atoms with E-state index in [-0.39, 0.29) is 187 Å². The molecule has 0 unspecified atom stereocenters. The van der Waals surface area contributed by atoms with E-state index in [4.69, 9.17) is 9.47 Å². The molecule has 0 aromatic heterocycles. The Balaban J connectivity index is 0.00000397. The third-order valence-electron chi connectivity index (χ3n) is 8.68. The Morgan fingerprint density at radius 2 is 0.838 bits per heavy atom. The van der Waals surface area contributed by atoms with Crippen LogP contribution in [0.1, 0.15) is 13.8 Å². The van der Waals surface area contributed by atoms with Crippen LogP contribution in [0, 0.1) is 0 Å². The van der Waals surface area contributed by atoms with Crippen LogP contribution < -0.4 is 138 Å². The Labute approximate surface area is 476 Å². The van der Waals surface area contributed by atoms with Crippen molar-refractivity contribution >= 4 is 102 Å². The molecule has 0 heterocycles. The molecule has 0 radical (unpaired) electrons. The van der Waals surface area contributed by atoms with Crippen LogP contribution in [-0.2, 0) is 40.5 Å². The molecule has 0 saturated heterocycles. The molecule has 0 atom stereocenters. The van der Waals surface area contributed by atoms with Crippen molar-refractivity contribution in [1.29, 1.82) is 0 Å². The fourth-order valence-corrected chi connectivity index (χ4v) is 8.57. The Bertz CT molecular complexity index is 3220. The van der Waals surface area contributed by atoms with Gasteiger partial charge in [0.1, 0.15) is 63.3 Å². The van der Waals surface area contributed by atoms with Crippen molar-refractivity contribution in [2.75, 3.05) is 23.8 Å². The maximum atomic E-state index is 13.1. The summed E-state index contributed by atoms with van der Waals surface area (Å²) in [5.41, 5.74) is -2.27. The van der Waals surface area contributed by atoms with Gasteiger partial charge in [-0.1, -0.05) is 0 Å². The molecule has 6 aromatic carbocycles. The van der Waals surface area contributed by atoms with Crippen molar-refractivity contribution in [2.24, 2.45) is 20.5 Å². The maximum absolute atomic E-state index is 13.1. The number of benzene rings is 6. The molecule has 6 rings (SSSR count). The van der Waals surface area contributed by atoms with Gasteiger partial charge >= 0.3 is 124 Å². The molecule has 0 fully saturated rings. The van der Waals surface area contributed by atoms with Crippen LogP contribution in [0.5, 0.6) is 23.0 Å². The fraction of sp³-hybridized carbons (Fsp3) is 0.108. The van der Waals surface area contributed by atoms with Crippen LogP contribution in [0.2, 0.25) is 0 Å². The monoisotopic (exact) mass is 1050 g/mol. The number of hydrogen-bond donors (Lipinski definition) is 4. The van der Waals surface area contributed by atoms with E-state index in [1.807, 2.05) is 0 Å². The summed E-state index contributed by atoms with van der Waals surface area (Å²) in [6, 6.07) is 14.2. The number of hydrogen-bond acceptors (Lipinski definition) is 21. The van der Waals surface area contributed by atoms with Crippen LogP contribution in [0.4, 0.5) is 38.9 Å². The van der Waals surface area contributed by atoms with Crippen molar-refractivity contribution in [3.8, 4) is 23.0 Å². The van der Waals surface area contributed by atoms with E-state index >= 15 is 0 Å². The topological polar surface area (TPSA) is 378 Å². The van der Waals surface area contributed by atoms with Crippen molar-refractivity contribution in [3.63, 3.8) is 0 Å². The molecule has 31 heteroatoms. The zero-order chi connectivity index (χ0) is 46.9. The minimum atomic E-state index is -5.39. The van der Waals surface area contributed by atoms with E-state index in [1.54, 1.807) is 13.8 Å². The minimum Gasteiger partial charge on any atom is -0.744 e. The summed E-state index contributed by atoms with van der Waals surface area (Å²) in [7, 11) is -20.9. The number of anilines is 2. The Morgan fingerprint density at radius 1 is 0.500 bits per heavy atom. The summed E-state index contributed by atoms with van der Waals surface area (Å²) < 4.78 is 155. The number of amides is 2. The van der Waals surface area contributed by atoms with Gasteiger partial charge in [-0.15, -0.1) is 10.2 Å². The molecule has 0 aliphatic heterocycles. The molecule has 0 bridgehead atoms. The number of nitrogens with zero attached hydrogens (tertiary/aromatic N) is 4. The largest absolute Gasteiger partial charge is 1.00 e. The number of ether oxygens (including phenoxy) is 2. The van der Waals surface area contributed by atoms with Gasteiger partial charge in [0.25, 0.3) is 0 Å². The third-order valence-corrected chi connectivity index (χ3v) is 12.1. The Hall–Kier alpha value is -2.85. The number of azo groups is 2. The molecule has 2 amide bonds. The molecule has 0 aliphatic rings. The van der Waals surface area contributed by atoms with Gasteiger partial charge in [0, 0.05) is 22.1 Å². The molecule has 23 nitrogen and oxygen atoms in total. The molecular weight excluding hydrogens is 1020 g/mol. The number of fused-ring (bicyclic) bond motifs is 2. The fourth-order valence-electron chi connectivity index (χ4n) is 6.00. The van der Waals surface area contributed by atoms with Gasteiger partial charge in [0.15, 0.2) is 11.5 Å². The van der Waals surface area contributed by atoms with Crippen molar-refractivity contribution in [2.45, 2.75) is 33.4 Å². The molecule has 0 saturated carbocycles. The number of carbonyl (C=O) groups excluding carboxylic acids is 1. The molecule has 0 aliphatic carbocycles. The molecular formula is C37H28N6Na4O17S4. The second-order valence-electron chi connectivity index (χ2n) is 12.9. The zero-order valence-corrected chi connectivity index (χ0v) is 47.7. The summed E-state index contributed by atoms with van der Waals surface area (Å²) in [5.74, 6) is -2.26. The average Bonchev–Trinajstić information content (AvgIpc) is 3.19. The predicted octanol–water partition coefficient (Wildman–Crippen LogP) is -5.69. The number of phenols is 2. The number of carbonyl (C=O) groups is 1. The average molecular weight is 1050 g/mol. The van der Waals surface area contributed by atoms with Gasteiger partial charge in [-0.2, -0.15) is 10.2 Å². The van der Waals surface area contributed by atoms with Crippen LogP contribution in [-0.4, -0.2) is 81.3 Å². The molecule has 68 heavy (non-hydrogen) atoms. The van der Waals surface area contributed by atoms with E-state index in [2.05, 4.69) is 31.1 Å². The predicted molar refractivity (Wildman–Crippen MR) is 219 cm³/mol. The van der Waals surface area contributed by atoms with E-state index in [9.17, 15) is 66.9 Å². The second-order valence-corrected chi connectivity index (χ2v) is 18.3. The van der Waals surface area contributed by atoms with Crippen LogP contribution in [0.15, 0.2) is 125 Å². The quantitative estimate of drug-likeness (QED) is 0.0449. The van der Waals surface area contributed by atoms with Gasteiger partial charge in [-0.3, -0.25) is 0 Å². The van der Waals surface area contributed by atoms with Crippen molar-refractivity contribution in [1.82, 2.24) is 0 Å². The van der Waals surface area contributed by atoms with Crippen LogP contribution in [0.3, 0.4) is 0 Å². The zero-order valence-electron chi connectivity index (χ0n) is 36.4. The van der Waals surface area contributed by atoms with Gasteiger partial charge in [-0.05, 0) is 110 Å².